The van der Waals surface area contributed by atoms with Gasteiger partial charge in [-0.15, -0.1) is 0 Å². The lowest BCUT2D eigenvalue weighted by Gasteiger charge is -2.26. The molecular formula is C16H28N4O. The molecule has 1 aromatic heterocycles. The molecule has 1 aliphatic carbocycles. The number of rotatable bonds is 5. The van der Waals surface area contributed by atoms with E-state index in [1.165, 1.54) is 37.8 Å². The normalized spacial score (nSPS) is 21.6. The fourth-order valence-electron chi connectivity index (χ4n) is 3.44. The van der Waals surface area contributed by atoms with Crippen LogP contribution >= 0.6 is 0 Å². The van der Waals surface area contributed by atoms with Crippen molar-refractivity contribution in [3.8, 4) is 0 Å². The Kier molecular flexibility index (Phi) is 5.14. The van der Waals surface area contributed by atoms with Crippen LogP contribution in [-0.4, -0.2) is 54.1 Å². The van der Waals surface area contributed by atoms with E-state index in [1.807, 2.05) is 0 Å². The predicted molar refractivity (Wildman–Crippen MR) is 84.8 cm³/mol. The third kappa shape index (κ3) is 3.98. The van der Waals surface area contributed by atoms with Gasteiger partial charge in [-0.3, -0.25) is 9.58 Å². The molecule has 0 bridgehead atoms. The lowest BCUT2D eigenvalue weighted by molar-refractivity contribution is 0.0398. The highest BCUT2D eigenvalue weighted by Gasteiger charge is 2.18. The smallest absolute Gasteiger partial charge is 0.148 e. The van der Waals surface area contributed by atoms with Gasteiger partial charge in [0, 0.05) is 37.9 Å². The lowest BCUT2D eigenvalue weighted by atomic mass is 9.95. The van der Waals surface area contributed by atoms with Gasteiger partial charge < -0.3 is 10.1 Å². The second-order valence-electron chi connectivity index (χ2n) is 6.29. The van der Waals surface area contributed by atoms with E-state index in [9.17, 15) is 0 Å². The van der Waals surface area contributed by atoms with E-state index in [0.717, 1.165) is 45.2 Å². The molecule has 1 aliphatic heterocycles. The molecule has 1 saturated heterocycles. The van der Waals surface area contributed by atoms with Gasteiger partial charge in [-0.2, -0.15) is 5.10 Å². The molecule has 2 aliphatic rings. The summed E-state index contributed by atoms with van der Waals surface area (Å²) in [6, 6.07) is 2.81. The average Bonchev–Trinajstić information content (AvgIpc) is 2.90. The first kappa shape index (κ1) is 14.9. The zero-order valence-corrected chi connectivity index (χ0v) is 13.2. The number of anilines is 1. The third-order valence-electron chi connectivity index (χ3n) is 4.68. The van der Waals surface area contributed by atoms with E-state index in [0.29, 0.717) is 6.04 Å². The Hall–Kier alpha value is -1.07. The minimum Gasteiger partial charge on any atom is -0.379 e. The maximum Gasteiger partial charge on any atom is 0.148 e. The van der Waals surface area contributed by atoms with Gasteiger partial charge >= 0.3 is 0 Å². The summed E-state index contributed by atoms with van der Waals surface area (Å²) in [7, 11) is 0. The van der Waals surface area contributed by atoms with Crippen molar-refractivity contribution in [3.63, 3.8) is 0 Å². The molecule has 0 unspecified atom stereocenters. The van der Waals surface area contributed by atoms with Gasteiger partial charge in [-0.05, 0) is 19.8 Å². The molecule has 1 saturated carbocycles. The molecule has 0 atom stereocenters. The molecule has 5 heteroatoms. The number of nitrogens with one attached hydrogen (secondary N) is 1. The first-order valence-electron chi connectivity index (χ1n) is 8.43. The highest BCUT2D eigenvalue weighted by atomic mass is 16.5. The Morgan fingerprint density at radius 3 is 2.76 bits per heavy atom. The van der Waals surface area contributed by atoms with Crippen LogP contribution in [0.4, 0.5) is 5.82 Å². The number of aromatic nitrogens is 2. The maximum absolute atomic E-state index is 5.37. The van der Waals surface area contributed by atoms with E-state index >= 15 is 0 Å². The van der Waals surface area contributed by atoms with Gasteiger partial charge in [0.05, 0.1) is 19.3 Å². The molecule has 3 rings (SSSR count). The Balaban J connectivity index is 1.49. The van der Waals surface area contributed by atoms with Crippen molar-refractivity contribution in [1.82, 2.24) is 14.7 Å². The summed E-state index contributed by atoms with van der Waals surface area (Å²) in [5, 5.41) is 8.26. The SMILES string of the molecule is Cc1cc(NCCN2CCOCC2)nn1C1CCCCC1. The maximum atomic E-state index is 5.37. The molecular weight excluding hydrogens is 264 g/mol. The number of hydrogen-bond donors (Lipinski definition) is 1. The van der Waals surface area contributed by atoms with Crippen molar-refractivity contribution in [2.75, 3.05) is 44.7 Å². The van der Waals surface area contributed by atoms with Crippen LogP contribution in [0, 0.1) is 6.92 Å². The van der Waals surface area contributed by atoms with Crippen LogP contribution < -0.4 is 5.32 Å². The summed E-state index contributed by atoms with van der Waals surface area (Å²) in [6.45, 7) is 8.05. The van der Waals surface area contributed by atoms with Crippen LogP contribution in [0.1, 0.15) is 43.8 Å². The number of nitrogens with zero attached hydrogens (tertiary/aromatic N) is 3. The quantitative estimate of drug-likeness (QED) is 0.905. The Morgan fingerprint density at radius 2 is 2.00 bits per heavy atom. The fourth-order valence-corrected chi connectivity index (χ4v) is 3.44. The van der Waals surface area contributed by atoms with Crippen molar-refractivity contribution in [3.05, 3.63) is 11.8 Å². The van der Waals surface area contributed by atoms with E-state index in [-0.39, 0.29) is 0 Å². The molecule has 0 aromatic carbocycles. The summed E-state index contributed by atoms with van der Waals surface area (Å²) in [6.07, 6.45) is 6.67. The van der Waals surface area contributed by atoms with Crippen LogP contribution in [0.15, 0.2) is 6.07 Å². The molecule has 1 N–H and O–H groups in total. The Morgan fingerprint density at radius 1 is 1.24 bits per heavy atom. The van der Waals surface area contributed by atoms with Gasteiger partial charge in [0.1, 0.15) is 5.82 Å². The standard InChI is InChI=1S/C16H28N4O/c1-14-13-16(17-7-8-19-9-11-21-12-10-19)18-20(14)15-5-3-2-4-6-15/h13,15H,2-12H2,1H3,(H,17,18). The van der Waals surface area contributed by atoms with E-state index in [1.54, 1.807) is 0 Å². The molecule has 118 valence electrons. The minimum absolute atomic E-state index is 0.619. The highest BCUT2D eigenvalue weighted by molar-refractivity contribution is 5.35. The predicted octanol–water partition coefficient (Wildman–Crippen LogP) is 2.44. The Labute approximate surface area is 127 Å². The molecule has 0 spiro atoms. The van der Waals surface area contributed by atoms with Crippen LogP contribution in [0.2, 0.25) is 0 Å². The van der Waals surface area contributed by atoms with E-state index < -0.39 is 0 Å². The molecule has 0 amide bonds. The average molecular weight is 292 g/mol. The van der Waals surface area contributed by atoms with Crippen molar-refractivity contribution in [2.45, 2.75) is 45.1 Å². The van der Waals surface area contributed by atoms with Gasteiger partial charge in [0.15, 0.2) is 0 Å². The van der Waals surface area contributed by atoms with Gasteiger partial charge in [-0.1, -0.05) is 19.3 Å². The second-order valence-corrected chi connectivity index (χ2v) is 6.29. The van der Waals surface area contributed by atoms with E-state index in [4.69, 9.17) is 9.84 Å². The minimum atomic E-state index is 0.619. The Bertz CT molecular complexity index is 433. The molecule has 2 heterocycles. The first-order valence-corrected chi connectivity index (χ1v) is 8.43. The second kappa shape index (κ2) is 7.27. The van der Waals surface area contributed by atoms with Crippen LogP contribution in [-0.2, 0) is 4.74 Å². The first-order chi connectivity index (χ1) is 10.3. The number of morpholine rings is 1. The number of ether oxygens (including phenoxy) is 1. The zero-order chi connectivity index (χ0) is 14.5. The van der Waals surface area contributed by atoms with Crippen molar-refractivity contribution >= 4 is 5.82 Å². The third-order valence-corrected chi connectivity index (χ3v) is 4.68. The summed E-state index contributed by atoms with van der Waals surface area (Å²) < 4.78 is 7.62. The van der Waals surface area contributed by atoms with Crippen LogP contribution in [0.5, 0.6) is 0 Å². The van der Waals surface area contributed by atoms with Crippen molar-refractivity contribution in [1.29, 1.82) is 0 Å². The lowest BCUT2D eigenvalue weighted by Crippen LogP contribution is -2.39. The largest absolute Gasteiger partial charge is 0.379 e. The number of aryl methyl sites for hydroxylation is 1. The molecule has 5 nitrogen and oxygen atoms in total. The summed E-state index contributed by atoms with van der Waals surface area (Å²) in [5.74, 6) is 1.03. The molecule has 21 heavy (non-hydrogen) atoms. The van der Waals surface area contributed by atoms with Crippen molar-refractivity contribution < 1.29 is 4.74 Å². The van der Waals surface area contributed by atoms with Gasteiger partial charge in [0.25, 0.3) is 0 Å². The van der Waals surface area contributed by atoms with Crippen LogP contribution in [0.25, 0.3) is 0 Å². The van der Waals surface area contributed by atoms with Crippen molar-refractivity contribution in [2.24, 2.45) is 0 Å². The van der Waals surface area contributed by atoms with Gasteiger partial charge in [0.2, 0.25) is 0 Å². The van der Waals surface area contributed by atoms with E-state index in [2.05, 4.69) is 27.9 Å². The molecule has 2 fully saturated rings. The molecule has 1 aromatic rings. The number of hydrogen-bond acceptors (Lipinski definition) is 4. The molecule has 0 radical (unpaired) electrons. The fraction of sp³-hybridized carbons (Fsp3) is 0.812. The summed E-state index contributed by atoms with van der Waals surface area (Å²) in [4.78, 5) is 2.45. The summed E-state index contributed by atoms with van der Waals surface area (Å²) >= 11 is 0. The zero-order valence-electron chi connectivity index (χ0n) is 13.2. The van der Waals surface area contributed by atoms with Gasteiger partial charge in [-0.25, -0.2) is 0 Å². The summed E-state index contributed by atoms with van der Waals surface area (Å²) in [5.41, 5.74) is 1.29. The monoisotopic (exact) mass is 292 g/mol. The van der Waals surface area contributed by atoms with Crippen LogP contribution in [0.3, 0.4) is 0 Å². The topological polar surface area (TPSA) is 42.3 Å². The highest BCUT2D eigenvalue weighted by Crippen LogP contribution is 2.29.